The minimum atomic E-state index is -0.762. The second-order valence-corrected chi connectivity index (χ2v) is 14.3. The van der Waals surface area contributed by atoms with E-state index in [9.17, 15) is 14.4 Å². The standard InChI is InChI=1S/C43H80O6/c1-4-7-10-13-16-19-21-24-27-30-33-36-42(45)48-39-40(38-47-41(44)35-32-29-26-23-18-15-12-9-6-3)49-43(46)37-34-31-28-25-22-20-17-14-11-8-5-2/h13,16,40H,4-12,14-15,17-39H2,1-3H3/b16-13-/t40-/m1/s1. The summed E-state index contributed by atoms with van der Waals surface area (Å²) in [5.74, 6) is -0.879. The number of carbonyl (C=O) groups excluding carboxylic acids is 3. The predicted octanol–water partition coefficient (Wildman–Crippen LogP) is 13.1. The molecule has 0 aromatic heterocycles. The van der Waals surface area contributed by atoms with E-state index in [1.807, 2.05) is 0 Å². The van der Waals surface area contributed by atoms with Crippen LogP contribution in [0.15, 0.2) is 12.2 Å². The maximum absolute atomic E-state index is 12.6. The Labute approximate surface area is 303 Å². The molecule has 0 aliphatic rings. The summed E-state index contributed by atoms with van der Waals surface area (Å²) < 4.78 is 16.6. The summed E-state index contributed by atoms with van der Waals surface area (Å²) in [4.78, 5) is 37.5. The number of ether oxygens (including phenoxy) is 3. The largest absolute Gasteiger partial charge is 0.462 e. The van der Waals surface area contributed by atoms with Crippen molar-refractivity contribution in [3.05, 3.63) is 12.2 Å². The molecule has 6 nitrogen and oxygen atoms in total. The molecule has 6 heteroatoms. The Bertz CT molecular complexity index is 763. The van der Waals surface area contributed by atoms with Gasteiger partial charge in [0.05, 0.1) is 0 Å². The highest BCUT2D eigenvalue weighted by atomic mass is 16.6. The lowest BCUT2D eigenvalue weighted by Gasteiger charge is -2.18. The Balaban J connectivity index is 4.36. The number of hydrogen-bond acceptors (Lipinski definition) is 6. The van der Waals surface area contributed by atoms with Crippen molar-refractivity contribution in [2.45, 2.75) is 232 Å². The van der Waals surface area contributed by atoms with E-state index < -0.39 is 6.10 Å². The fourth-order valence-corrected chi connectivity index (χ4v) is 6.01. The van der Waals surface area contributed by atoms with Crippen molar-refractivity contribution in [3.8, 4) is 0 Å². The van der Waals surface area contributed by atoms with Crippen molar-refractivity contribution >= 4 is 17.9 Å². The SMILES string of the molecule is CCCC/C=C\CCCCCCCC(=O)OC[C@@H](COC(=O)CCCCCCCCCCC)OC(=O)CCCCCCCCCCCCC. The first-order valence-electron chi connectivity index (χ1n) is 21.2. The molecule has 0 saturated heterocycles. The highest BCUT2D eigenvalue weighted by Gasteiger charge is 2.19. The summed E-state index contributed by atoms with van der Waals surface area (Å²) in [6.07, 6.45) is 39.0. The van der Waals surface area contributed by atoms with Gasteiger partial charge in [0.25, 0.3) is 0 Å². The molecule has 1 atom stereocenters. The lowest BCUT2D eigenvalue weighted by molar-refractivity contribution is -0.167. The fraction of sp³-hybridized carbons (Fsp3) is 0.884. The van der Waals surface area contributed by atoms with E-state index in [0.29, 0.717) is 19.3 Å². The van der Waals surface area contributed by atoms with E-state index in [4.69, 9.17) is 14.2 Å². The van der Waals surface area contributed by atoms with E-state index in [1.54, 1.807) is 0 Å². The molecule has 0 spiro atoms. The van der Waals surface area contributed by atoms with Crippen LogP contribution in [0, 0.1) is 0 Å². The van der Waals surface area contributed by atoms with Gasteiger partial charge in [-0.3, -0.25) is 14.4 Å². The van der Waals surface area contributed by atoms with Crippen LogP contribution in [0.25, 0.3) is 0 Å². The maximum Gasteiger partial charge on any atom is 0.306 e. The highest BCUT2D eigenvalue weighted by molar-refractivity contribution is 5.71. The molecule has 49 heavy (non-hydrogen) atoms. The van der Waals surface area contributed by atoms with Crippen molar-refractivity contribution in [1.82, 2.24) is 0 Å². The van der Waals surface area contributed by atoms with E-state index in [2.05, 4.69) is 32.9 Å². The minimum absolute atomic E-state index is 0.0690. The molecule has 0 heterocycles. The summed E-state index contributed by atoms with van der Waals surface area (Å²) in [5, 5.41) is 0. The number of carbonyl (C=O) groups is 3. The molecule has 0 fully saturated rings. The van der Waals surface area contributed by atoms with Gasteiger partial charge in [0.1, 0.15) is 13.2 Å². The van der Waals surface area contributed by atoms with Gasteiger partial charge >= 0.3 is 17.9 Å². The quantitative estimate of drug-likeness (QED) is 0.0277. The molecule has 0 N–H and O–H groups in total. The van der Waals surface area contributed by atoms with Crippen LogP contribution in [0.3, 0.4) is 0 Å². The van der Waals surface area contributed by atoms with Crippen LogP contribution in [0.5, 0.6) is 0 Å². The first-order chi connectivity index (χ1) is 24.0. The van der Waals surface area contributed by atoms with Gasteiger partial charge in [0, 0.05) is 19.3 Å². The zero-order valence-corrected chi connectivity index (χ0v) is 32.7. The topological polar surface area (TPSA) is 78.9 Å². The van der Waals surface area contributed by atoms with Crippen LogP contribution >= 0.6 is 0 Å². The molecule has 0 saturated carbocycles. The van der Waals surface area contributed by atoms with E-state index in [0.717, 1.165) is 64.2 Å². The van der Waals surface area contributed by atoms with Crippen LogP contribution in [0.4, 0.5) is 0 Å². The first-order valence-corrected chi connectivity index (χ1v) is 21.2. The Morgan fingerprint density at radius 1 is 0.388 bits per heavy atom. The van der Waals surface area contributed by atoms with Gasteiger partial charge in [-0.2, -0.15) is 0 Å². The molecule has 0 bridgehead atoms. The van der Waals surface area contributed by atoms with E-state index >= 15 is 0 Å². The Hall–Kier alpha value is -1.85. The van der Waals surface area contributed by atoms with E-state index in [-0.39, 0.29) is 31.1 Å². The third-order valence-electron chi connectivity index (χ3n) is 9.27. The molecule has 0 aliphatic carbocycles. The Morgan fingerprint density at radius 2 is 0.694 bits per heavy atom. The summed E-state index contributed by atoms with van der Waals surface area (Å²) >= 11 is 0. The summed E-state index contributed by atoms with van der Waals surface area (Å²) in [5.41, 5.74) is 0. The average Bonchev–Trinajstić information content (AvgIpc) is 3.10. The van der Waals surface area contributed by atoms with Gasteiger partial charge < -0.3 is 14.2 Å². The molecule has 288 valence electrons. The third-order valence-corrected chi connectivity index (χ3v) is 9.27. The van der Waals surface area contributed by atoms with Crippen molar-refractivity contribution in [3.63, 3.8) is 0 Å². The molecule has 0 aliphatic heterocycles. The first kappa shape index (κ1) is 47.1. The number of hydrogen-bond donors (Lipinski definition) is 0. The molecule has 0 radical (unpaired) electrons. The van der Waals surface area contributed by atoms with E-state index in [1.165, 1.54) is 122 Å². The number of unbranched alkanes of at least 4 members (excludes halogenated alkanes) is 25. The van der Waals surface area contributed by atoms with Crippen LogP contribution in [0.2, 0.25) is 0 Å². The number of allylic oxidation sites excluding steroid dienone is 2. The second kappa shape index (κ2) is 38.9. The maximum atomic E-state index is 12.6. The normalized spacial score (nSPS) is 12.0. The zero-order chi connectivity index (χ0) is 35.9. The third kappa shape index (κ3) is 37.2. The van der Waals surface area contributed by atoms with Crippen molar-refractivity contribution in [2.24, 2.45) is 0 Å². The minimum Gasteiger partial charge on any atom is -0.462 e. The lowest BCUT2D eigenvalue weighted by Crippen LogP contribution is -2.30. The molecule has 0 aromatic rings. The molecule has 0 aromatic carbocycles. The second-order valence-electron chi connectivity index (χ2n) is 14.3. The van der Waals surface area contributed by atoms with Gasteiger partial charge in [0.2, 0.25) is 0 Å². The fourth-order valence-electron chi connectivity index (χ4n) is 6.01. The smallest absolute Gasteiger partial charge is 0.306 e. The average molecular weight is 693 g/mol. The molecule has 0 rings (SSSR count). The monoisotopic (exact) mass is 693 g/mol. The predicted molar refractivity (Wildman–Crippen MR) is 206 cm³/mol. The summed E-state index contributed by atoms with van der Waals surface area (Å²) in [6, 6.07) is 0. The molecule has 0 amide bonds. The number of rotatable bonds is 38. The van der Waals surface area contributed by atoms with Gasteiger partial charge in [-0.25, -0.2) is 0 Å². The van der Waals surface area contributed by atoms with Gasteiger partial charge in [-0.05, 0) is 38.5 Å². The van der Waals surface area contributed by atoms with Crippen LogP contribution in [-0.4, -0.2) is 37.2 Å². The van der Waals surface area contributed by atoms with Crippen LogP contribution in [-0.2, 0) is 28.6 Å². The molecule has 0 unspecified atom stereocenters. The van der Waals surface area contributed by atoms with Gasteiger partial charge in [0.15, 0.2) is 6.10 Å². The van der Waals surface area contributed by atoms with Gasteiger partial charge in [-0.1, -0.05) is 181 Å². The highest BCUT2D eigenvalue weighted by Crippen LogP contribution is 2.14. The van der Waals surface area contributed by atoms with Crippen LogP contribution in [0.1, 0.15) is 226 Å². The van der Waals surface area contributed by atoms with Crippen molar-refractivity contribution in [1.29, 1.82) is 0 Å². The molecular formula is C43H80O6. The Morgan fingerprint density at radius 3 is 1.08 bits per heavy atom. The number of esters is 3. The summed E-state index contributed by atoms with van der Waals surface area (Å²) in [7, 11) is 0. The van der Waals surface area contributed by atoms with Crippen LogP contribution < -0.4 is 0 Å². The zero-order valence-electron chi connectivity index (χ0n) is 32.7. The van der Waals surface area contributed by atoms with Crippen molar-refractivity contribution in [2.75, 3.05) is 13.2 Å². The van der Waals surface area contributed by atoms with Crippen molar-refractivity contribution < 1.29 is 28.6 Å². The Kier molecular flexibility index (Phi) is 37.5. The molecular weight excluding hydrogens is 612 g/mol. The van der Waals surface area contributed by atoms with Gasteiger partial charge in [-0.15, -0.1) is 0 Å². The summed E-state index contributed by atoms with van der Waals surface area (Å²) in [6.45, 7) is 6.56. The lowest BCUT2D eigenvalue weighted by atomic mass is 10.1.